The largest absolute Gasteiger partial charge is 0.347 e. The molecular weight excluding hydrogens is 164 g/mol. The number of H-pyrrole nitrogens is 1. The van der Waals surface area contributed by atoms with Gasteiger partial charge >= 0.3 is 0 Å². The summed E-state index contributed by atoms with van der Waals surface area (Å²) in [5.41, 5.74) is 0.808. The number of nitrogens with one attached hydrogen (secondary N) is 2. The van der Waals surface area contributed by atoms with Crippen molar-refractivity contribution in [3.05, 3.63) is 18.2 Å². The van der Waals surface area contributed by atoms with Crippen molar-refractivity contribution in [3.63, 3.8) is 0 Å². The Labute approximate surface area is 69.2 Å². The van der Waals surface area contributed by atoms with Gasteiger partial charge in [-0.3, -0.25) is 0 Å². The van der Waals surface area contributed by atoms with Crippen molar-refractivity contribution in [2.24, 2.45) is 0 Å². The van der Waals surface area contributed by atoms with Crippen LogP contribution in [0.15, 0.2) is 12.5 Å². The van der Waals surface area contributed by atoms with Crippen molar-refractivity contribution in [2.45, 2.75) is 25.9 Å². The molecule has 1 atom stereocenters. The van der Waals surface area contributed by atoms with E-state index in [4.69, 9.17) is 0 Å². The number of hydrogen-bond acceptors (Lipinski definition) is 2. The average Bonchev–Trinajstić information content (AvgIpc) is 2.51. The normalized spacial score (nSPS) is 13.7. The maximum Gasteiger partial charge on any atom is 0.253 e. The lowest BCUT2D eigenvalue weighted by Gasteiger charge is -2.10. The number of imidazole rings is 1. The molecular formula is C7H11F2N3. The van der Waals surface area contributed by atoms with Gasteiger partial charge in [0.2, 0.25) is 0 Å². The lowest BCUT2D eigenvalue weighted by molar-refractivity contribution is 0.105. The molecule has 0 aromatic carbocycles. The third-order valence-corrected chi connectivity index (χ3v) is 1.55. The van der Waals surface area contributed by atoms with E-state index in [1.807, 2.05) is 0 Å². The summed E-state index contributed by atoms with van der Waals surface area (Å²) in [5, 5.41) is 2.66. The molecule has 68 valence electrons. The zero-order valence-electron chi connectivity index (χ0n) is 6.72. The Bertz CT molecular complexity index is 210. The number of aromatic nitrogens is 2. The van der Waals surface area contributed by atoms with Crippen molar-refractivity contribution in [3.8, 4) is 0 Å². The molecule has 1 aromatic heterocycles. The zero-order valence-corrected chi connectivity index (χ0v) is 6.72. The molecule has 0 aliphatic heterocycles. The number of halogens is 2. The average molecular weight is 175 g/mol. The molecule has 0 aliphatic rings. The highest BCUT2D eigenvalue weighted by atomic mass is 19.3. The Morgan fingerprint density at radius 1 is 1.67 bits per heavy atom. The highest BCUT2D eigenvalue weighted by Gasteiger charge is 2.12. The highest BCUT2D eigenvalue weighted by molar-refractivity contribution is 4.93. The summed E-state index contributed by atoms with van der Waals surface area (Å²) in [5.74, 6) is 0. The number of aromatic amines is 1. The summed E-state index contributed by atoms with van der Waals surface area (Å²) in [4.78, 5) is 6.57. The van der Waals surface area contributed by atoms with Gasteiger partial charge < -0.3 is 10.3 Å². The first-order chi connectivity index (χ1) is 5.70. The van der Waals surface area contributed by atoms with Gasteiger partial charge in [-0.15, -0.1) is 0 Å². The smallest absolute Gasteiger partial charge is 0.253 e. The number of nitrogens with zero attached hydrogens (tertiary/aromatic N) is 1. The van der Waals surface area contributed by atoms with E-state index in [1.165, 1.54) is 13.3 Å². The molecule has 1 unspecified atom stereocenters. The quantitative estimate of drug-likeness (QED) is 0.720. The second-order valence-corrected chi connectivity index (χ2v) is 2.58. The predicted octanol–water partition coefficient (Wildman–Crippen LogP) is 1.15. The van der Waals surface area contributed by atoms with Crippen LogP contribution in [0.4, 0.5) is 8.78 Å². The third kappa shape index (κ3) is 2.58. The van der Waals surface area contributed by atoms with Crippen LogP contribution >= 0.6 is 0 Å². The van der Waals surface area contributed by atoms with Crippen LogP contribution in [-0.2, 0) is 6.54 Å². The highest BCUT2D eigenvalue weighted by Crippen LogP contribution is 2.00. The maximum absolute atomic E-state index is 12.0. The number of hydrogen-bond donors (Lipinski definition) is 2. The van der Waals surface area contributed by atoms with Crippen LogP contribution in [0.3, 0.4) is 0 Å². The van der Waals surface area contributed by atoms with E-state index < -0.39 is 12.5 Å². The fourth-order valence-electron chi connectivity index (χ4n) is 0.741. The summed E-state index contributed by atoms with van der Waals surface area (Å²) in [7, 11) is 0. The van der Waals surface area contributed by atoms with Crippen LogP contribution in [0.1, 0.15) is 12.6 Å². The third-order valence-electron chi connectivity index (χ3n) is 1.55. The van der Waals surface area contributed by atoms with Crippen LogP contribution < -0.4 is 5.32 Å². The first kappa shape index (κ1) is 9.12. The Kier molecular flexibility index (Phi) is 3.16. The first-order valence-electron chi connectivity index (χ1n) is 3.69. The molecule has 0 spiro atoms. The minimum absolute atomic E-state index is 0.394. The fourth-order valence-corrected chi connectivity index (χ4v) is 0.741. The van der Waals surface area contributed by atoms with Crippen molar-refractivity contribution >= 4 is 0 Å². The molecule has 0 fully saturated rings. The van der Waals surface area contributed by atoms with Crippen LogP contribution in [0.25, 0.3) is 0 Å². The molecule has 3 nitrogen and oxygen atoms in total. The SMILES string of the molecule is CC(NCc1cnc[nH]1)C(F)F. The van der Waals surface area contributed by atoms with Gasteiger partial charge in [0, 0.05) is 18.4 Å². The van der Waals surface area contributed by atoms with Gasteiger partial charge in [0.05, 0.1) is 12.4 Å². The Balaban J connectivity index is 2.27. The van der Waals surface area contributed by atoms with E-state index >= 15 is 0 Å². The lowest BCUT2D eigenvalue weighted by atomic mass is 10.3. The van der Waals surface area contributed by atoms with E-state index in [0.29, 0.717) is 6.54 Å². The van der Waals surface area contributed by atoms with E-state index in [-0.39, 0.29) is 0 Å². The van der Waals surface area contributed by atoms with Crippen LogP contribution in [0.2, 0.25) is 0 Å². The Hall–Kier alpha value is -0.970. The minimum Gasteiger partial charge on any atom is -0.347 e. The lowest BCUT2D eigenvalue weighted by Crippen LogP contribution is -2.32. The van der Waals surface area contributed by atoms with Gasteiger partial charge in [-0.2, -0.15) is 0 Å². The summed E-state index contributed by atoms with van der Waals surface area (Å²) >= 11 is 0. The van der Waals surface area contributed by atoms with Gasteiger partial charge in [0.1, 0.15) is 0 Å². The molecule has 0 radical (unpaired) electrons. The molecule has 0 bridgehead atoms. The predicted molar refractivity (Wildman–Crippen MR) is 40.9 cm³/mol. The molecule has 5 heteroatoms. The fraction of sp³-hybridized carbons (Fsp3) is 0.571. The van der Waals surface area contributed by atoms with Gasteiger partial charge in [-0.1, -0.05) is 0 Å². The number of alkyl halides is 2. The second-order valence-electron chi connectivity index (χ2n) is 2.58. The van der Waals surface area contributed by atoms with Gasteiger partial charge in [-0.05, 0) is 6.92 Å². The van der Waals surface area contributed by atoms with E-state index in [0.717, 1.165) is 5.69 Å². The van der Waals surface area contributed by atoms with Gasteiger partial charge in [-0.25, -0.2) is 13.8 Å². The Morgan fingerprint density at radius 2 is 2.42 bits per heavy atom. The molecule has 1 rings (SSSR count). The molecule has 0 amide bonds. The summed E-state index contributed by atoms with van der Waals surface area (Å²) in [6.45, 7) is 1.84. The van der Waals surface area contributed by atoms with Crippen molar-refractivity contribution in [2.75, 3.05) is 0 Å². The molecule has 0 saturated heterocycles. The molecule has 0 saturated carbocycles. The van der Waals surface area contributed by atoms with Gasteiger partial charge in [0.25, 0.3) is 6.43 Å². The van der Waals surface area contributed by atoms with Crippen molar-refractivity contribution < 1.29 is 8.78 Å². The van der Waals surface area contributed by atoms with Crippen molar-refractivity contribution in [1.29, 1.82) is 0 Å². The minimum atomic E-state index is -2.33. The molecule has 1 aromatic rings. The van der Waals surface area contributed by atoms with E-state index in [1.54, 1.807) is 6.20 Å². The molecule has 1 heterocycles. The second kappa shape index (κ2) is 4.15. The molecule has 2 N–H and O–H groups in total. The van der Waals surface area contributed by atoms with Crippen molar-refractivity contribution in [1.82, 2.24) is 15.3 Å². The monoisotopic (exact) mass is 175 g/mol. The summed E-state index contributed by atoms with van der Waals surface area (Å²) in [6, 6.07) is -0.784. The van der Waals surface area contributed by atoms with E-state index in [9.17, 15) is 8.78 Å². The van der Waals surface area contributed by atoms with Crippen LogP contribution in [0.5, 0.6) is 0 Å². The maximum atomic E-state index is 12.0. The van der Waals surface area contributed by atoms with E-state index in [2.05, 4.69) is 15.3 Å². The molecule has 0 aliphatic carbocycles. The van der Waals surface area contributed by atoms with Crippen LogP contribution in [0, 0.1) is 0 Å². The Morgan fingerprint density at radius 3 is 2.92 bits per heavy atom. The summed E-state index contributed by atoms with van der Waals surface area (Å²) < 4.78 is 23.9. The standard InChI is InChI=1S/C7H11F2N3/c1-5(7(8)9)11-3-6-2-10-4-12-6/h2,4-5,7,11H,3H2,1H3,(H,10,12). The number of rotatable bonds is 4. The van der Waals surface area contributed by atoms with Crippen LogP contribution in [-0.4, -0.2) is 22.4 Å². The topological polar surface area (TPSA) is 40.7 Å². The first-order valence-corrected chi connectivity index (χ1v) is 3.69. The molecule has 12 heavy (non-hydrogen) atoms. The zero-order chi connectivity index (χ0) is 8.97. The summed E-state index contributed by atoms with van der Waals surface area (Å²) in [6.07, 6.45) is 0.794. The van der Waals surface area contributed by atoms with Gasteiger partial charge in [0.15, 0.2) is 0 Å².